The Balaban J connectivity index is 1.90. The molecule has 1 atom stereocenters. The maximum absolute atomic E-state index is 12.2. The minimum absolute atomic E-state index is 0.0736. The highest BCUT2D eigenvalue weighted by atomic mass is 35.5. The van der Waals surface area contributed by atoms with Gasteiger partial charge in [-0.1, -0.05) is 53.5 Å². The molecule has 0 bridgehead atoms. The van der Waals surface area contributed by atoms with E-state index in [0.717, 1.165) is 12.8 Å². The molecule has 2 aromatic carbocycles. The number of carbonyl (C=O) groups is 1. The van der Waals surface area contributed by atoms with Crippen LogP contribution in [0.25, 0.3) is 0 Å². The molecule has 0 saturated carbocycles. The molecule has 0 aliphatic rings. The van der Waals surface area contributed by atoms with Crippen LogP contribution in [0.4, 0.5) is 0 Å². The molecule has 0 fully saturated rings. The molecule has 0 heterocycles. The quantitative estimate of drug-likeness (QED) is 0.846. The Morgan fingerprint density at radius 3 is 2.52 bits per heavy atom. The van der Waals surface area contributed by atoms with Crippen molar-refractivity contribution < 1.29 is 4.79 Å². The third kappa shape index (κ3) is 4.76. The van der Waals surface area contributed by atoms with Crippen LogP contribution in [0.1, 0.15) is 29.3 Å². The van der Waals surface area contributed by atoms with Gasteiger partial charge in [0.05, 0.1) is 10.6 Å². The first kappa shape index (κ1) is 15.9. The topological polar surface area (TPSA) is 29.1 Å². The van der Waals surface area contributed by atoms with Crippen molar-refractivity contribution in [1.29, 1.82) is 0 Å². The molecule has 1 amide bonds. The molecule has 2 rings (SSSR count). The van der Waals surface area contributed by atoms with Crippen molar-refractivity contribution in [3.63, 3.8) is 0 Å². The van der Waals surface area contributed by atoms with Crippen LogP contribution in [-0.2, 0) is 6.42 Å². The second kappa shape index (κ2) is 7.48. The maximum atomic E-state index is 12.2. The molecule has 0 saturated heterocycles. The van der Waals surface area contributed by atoms with E-state index in [4.69, 9.17) is 23.2 Å². The van der Waals surface area contributed by atoms with Gasteiger partial charge in [0.1, 0.15) is 0 Å². The van der Waals surface area contributed by atoms with E-state index in [9.17, 15) is 4.79 Å². The molecule has 0 aromatic heterocycles. The third-order valence-electron chi connectivity index (χ3n) is 3.26. The Bertz CT molecular complexity index is 613. The van der Waals surface area contributed by atoms with Gasteiger partial charge in [0.2, 0.25) is 0 Å². The minimum Gasteiger partial charge on any atom is -0.350 e. The normalized spacial score (nSPS) is 12.0. The average Bonchev–Trinajstić information content (AvgIpc) is 2.46. The first-order valence-electron chi connectivity index (χ1n) is 6.86. The van der Waals surface area contributed by atoms with E-state index in [1.807, 2.05) is 25.1 Å². The molecule has 21 heavy (non-hydrogen) atoms. The zero-order valence-corrected chi connectivity index (χ0v) is 13.3. The van der Waals surface area contributed by atoms with Gasteiger partial charge in [0.15, 0.2) is 0 Å². The lowest BCUT2D eigenvalue weighted by atomic mass is 10.1. The fourth-order valence-electron chi connectivity index (χ4n) is 2.08. The van der Waals surface area contributed by atoms with Crippen molar-refractivity contribution in [3.8, 4) is 0 Å². The van der Waals surface area contributed by atoms with E-state index in [1.165, 1.54) is 5.56 Å². The summed E-state index contributed by atoms with van der Waals surface area (Å²) < 4.78 is 0. The van der Waals surface area contributed by atoms with Crippen LogP contribution in [0.5, 0.6) is 0 Å². The number of nitrogens with one attached hydrogen (secondary N) is 1. The van der Waals surface area contributed by atoms with E-state index in [1.54, 1.807) is 18.2 Å². The fraction of sp³-hybridized carbons (Fsp3) is 0.235. The summed E-state index contributed by atoms with van der Waals surface area (Å²) >= 11 is 11.9. The largest absolute Gasteiger partial charge is 0.350 e. The highest BCUT2D eigenvalue weighted by Crippen LogP contribution is 2.21. The first-order valence-corrected chi connectivity index (χ1v) is 7.61. The van der Waals surface area contributed by atoms with Gasteiger partial charge in [-0.05, 0) is 43.5 Å². The van der Waals surface area contributed by atoms with Crippen LogP contribution in [0.2, 0.25) is 10.0 Å². The van der Waals surface area contributed by atoms with Crippen LogP contribution >= 0.6 is 23.2 Å². The molecule has 0 aliphatic carbocycles. The van der Waals surface area contributed by atoms with Gasteiger partial charge < -0.3 is 5.32 Å². The van der Waals surface area contributed by atoms with Crippen molar-refractivity contribution >= 4 is 29.1 Å². The predicted octanol–water partition coefficient (Wildman–Crippen LogP) is 4.74. The summed E-state index contributed by atoms with van der Waals surface area (Å²) in [5.41, 5.74) is 1.72. The lowest BCUT2D eigenvalue weighted by Crippen LogP contribution is -2.33. The van der Waals surface area contributed by atoms with E-state index in [2.05, 4.69) is 17.4 Å². The zero-order valence-electron chi connectivity index (χ0n) is 11.8. The number of benzene rings is 2. The summed E-state index contributed by atoms with van der Waals surface area (Å²) in [5, 5.41) is 3.85. The second-order valence-corrected chi connectivity index (χ2v) is 5.87. The average molecular weight is 322 g/mol. The molecule has 4 heteroatoms. The van der Waals surface area contributed by atoms with Crippen molar-refractivity contribution in [2.24, 2.45) is 0 Å². The Labute approximate surface area is 135 Å². The maximum Gasteiger partial charge on any atom is 0.253 e. The minimum atomic E-state index is -0.169. The predicted molar refractivity (Wildman–Crippen MR) is 88.2 cm³/mol. The van der Waals surface area contributed by atoms with Crippen LogP contribution in [-0.4, -0.2) is 11.9 Å². The molecule has 0 radical (unpaired) electrons. The number of amides is 1. The Morgan fingerprint density at radius 1 is 1.14 bits per heavy atom. The van der Waals surface area contributed by atoms with Crippen molar-refractivity contribution in [2.75, 3.05) is 0 Å². The van der Waals surface area contributed by atoms with Crippen LogP contribution in [0.3, 0.4) is 0 Å². The highest BCUT2D eigenvalue weighted by molar-refractivity contribution is 6.36. The Kier molecular flexibility index (Phi) is 5.66. The van der Waals surface area contributed by atoms with Crippen LogP contribution in [0.15, 0.2) is 48.5 Å². The fourth-order valence-corrected chi connectivity index (χ4v) is 2.57. The summed E-state index contributed by atoms with van der Waals surface area (Å²) in [7, 11) is 0. The zero-order chi connectivity index (χ0) is 15.2. The molecule has 1 unspecified atom stereocenters. The molecule has 0 aliphatic heterocycles. The van der Waals surface area contributed by atoms with Crippen molar-refractivity contribution in [2.45, 2.75) is 25.8 Å². The van der Waals surface area contributed by atoms with Gasteiger partial charge >= 0.3 is 0 Å². The molecular formula is C17H17Cl2NO. The van der Waals surface area contributed by atoms with Gasteiger partial charge in [-0.3, -0.25) is 4.79 Å². The summed E-state index contributed by atoms with van der Waals surface area (Å²) in [6.07, 6.45) is 1.80. The Morgan fingerprint density at radius 2 is 1.86 bits per heavy atom. The second-order valence-electron chi connectivity index (χ2n) is 5.02. The number of halogens is 2. The van der Waals surface area contributed by atoms with Crippen molar-refractivity contribution in [1.82, 2.24) is 5.32 Å². The van der Waals surface area contributed by atoms with E-state index in [0.29, 0.717) is 15.6 Å². The number of rotatable bonds is 5. The standard InChI is InChI=1S/C17H17Cl2NO/c1-12(7-8-13-5-3-2-4-6-13)20-17(21)15-10-9-14(18)11-16(15)19/h2-6,9-12H,7-8H2,1H3,(H,20,21). The van der Waals surface area contributed by atoms with Gasteiger partial charge in [-0.2, -0.15) is 0 Å². The highest BCUT2D eigenvalue weighted by Gasteiger charge is 2.13. The van der Waals surface area contributed by atoms with Crippen LogP contribution < -0.4 is 5.32 Å². The third-order valence-corrected chi connectivity index (χ3v) is 3.81. The van der Waals surface area contributed by atoms with Gasteiger partial charge in [-0.15, -0.1) is 0 Å². The summed E-state index contributed by atoms with van der Waals surface area (Å²) in [6, 6.07) is 15.2. The molecular weight excluding hydrogens is 305 g/mol. The lowest BCUT2D eigenvalue weighted by Gasteiger charge is -2.14. The van der Waals surface area contributed by atoms with Crippen molar-refractivity contribution in [3.05, 3.63) is 69.7 Å². The molecule has 2 aromatic rings. The first-order chi connectivity index (χ1) is 10.1. The van der Waals surface area contributed by atoms with E-state index in [-0.39, 0.29) is 11.9 Å². The molecule has 0 spiro atoms. The summed E-state index contributed by atoms with van der Waals surface area (Å²) in [6.45, 7) is 1.99. The van der Waals surface area contributed by atoms with E-state index < -0.39 is 0 Å². The number of carbonyl (C=O) groups excluding carboxylic acids is 1. The van der Waals surface area contributed by atoms with E-state index >= 15 is 0 Å². The van der Waals surface area contributed by atoms with Gasteiger partial charge in [0, 0.05) is 11.1 Å². The number of aryl methyl sites for hydroxylation is 1. The Hall–Kier alpha value is -1.51. The van der Waals surface area contributed by atoms with Gasteiger partial charge in [-0.25, -0.2) is 0 Å². The number of hydrogen-bond donors (Lipinski definition) is 1. The smallest absolute Gasteiger partial charge is 0.253 e. The van der Waals surface area contributed by atoms with Crippen LogP contribution in [0, 0.1) is 0 Å². The molecule has 2 nitrogen and oxygen atoms in total. The summed E-state index contributed by atoms with van der Waals surface area (Å²) in [4.78, 5) is 12.2. The lowest BCUT2D eigenvalue weighted by molar-refractivity contribution is 0.0938. The SMILES string of the molecule is CC(CCc1ccccc1)NC(=O)c1ccc(Cl)cc1Cl. The number of hydrogen-bond acceptors (Lipinski definition) is 1. The molecule has 1 N–H and O–H groups in total. The van der Waals surface area contributed by atoms with Gasteiger partial charge in [0.25, 0.3) is 5.91 Å². The summed E-state index contributed by atoms with van der Waals surface area (Å²) in [5.74, 6) is -0.169. The molecule has 110 valence electrons. The monoisotopic (exact) mass is 321 g/mol.